The Morgan fingerprint density at radius 3 is 2.80 bits per heavy atom. The molecule has 0 aromatic carbocycles. The van der Waals surface area contributed by atoms with Crippen LogP contribution in [0.15, 0.2) is 22.8 Å². The Morgan fingerprint density at radius 1 is 1.60 bits per heavy atom. The molecule has 0 saturated carbocycles. The summed E-state index contributed by atoms with van der Waals surface area (Å²) >= 11 is 0. The van der Waals surface area contributed by atoms with Crippen LogP contribution >= 0.6 is 0 Å². The van der Waals surface area contributed by atoms with Gasteiger partial charge in [0.25, 0.3) is 5.92 Å². The summed E-state index contributed by atoms with van der Waals surface area (Å²) in [5, 5.41) is 11.1. The third-order valence-electron chi connectivity index (χ3n) is 2.13. The number of hydrogen-bond acceptors (Lipinski definition) is 3. The summed E-state index contributed by atoms with van der Waals surface area (Å²) in [6.45, 7) is 0.175. The van der Waals surface area contributed by atoms with E-state index in [1.54, 1.807) is 12.1 Å². The van der Waals surface area contributed by atoms with Crippen LogP contribution in [0.5, 0.6) is 0 Å². The van der Waals surface area contributed by atoms with Crippen LogP contribution in [0.4, 0.5) is 8.78 Å². The van der Waals surface area contributed by atoms with E-state index in [4.69, 9.17) is 9.52 Å². The van der Waals surface area contributed by atoms with E-state index in [9.17, 15) is 8.78 Å². The number of alkyl halides is 2. The minimum atomic E-state index is -3.08. The maximum atomic E-state index is 12.7. The van der Waals surface area contributed by atoms with Gasteiger partial charge in [-0.3, -0.25) is 0 Å². The van der Waals surface area contributed by atoms with Crippen molar-refractivity contribution in [2.24, 2.45) is 0 Å². The average Bonchev–Trinajstić information content (AvgIpc) is 2.72. The van der Waals surface area contributed by atoms with E-state index in [0.29, 0.717) is 12.2 Å². The molecule has 1 unspecified atom stereocenters. The standard InChI is InChI=1S/C10H15F2NO2/c1-2-8(9-4-3-5-15-9)13-6-10(11,12)7-14/h3-5,8,13-14H,2,6-7H2,1H3. The van der Waals surface area contributed by atoms with Crippen LogP contribution in [0.1, 0.15) is 25.1 Å². The quantitative estimate of drug-likeness (QED) is 0.768. The molecule has 1 aromatic rings. The smallest absolute Gasteiger partial charge is 0.282 e. The van der Waals surface area contributed by atoms with Gasteiger partial charge in [0.15, 0.2) is 0 Å². The Labute approximate surface area is 87.1 Å². The molecule has 0 amide bonds. The first-order valence-corrected chi connectivity index (χ1v) is 4.84. The number of aliphatic hydroxyl groups is 1. The first kappa shape index (κ1) is 12.1. The molecule has 0 aliphatic rings. The van der Waals surface area contributed by atoms with Crippen LogP contribution in [0.3, 0.4) is 0 Å². The maximum Gasteiger partial charge on any atom is 0.282 e. The van der Waals surface area contributed by atoms with E-state index in [1.807, 2.05) is 6.92 Å². The van der Waals surface area contributed by atoms with Crippen molar-refractivity contribution in [1.29, 1.82) is 0 Å². The molecule has 1 aromatic heterocycles. The lowest BCUT2D eigenvalue weighted by Crippen LogP contribution is -2.37. The van der Waals surface area contributed by atoms with E-state index >= 15 is 0 Å². The molecule has 1 atom stereocenters. The van der Waals surface area contributed by atoms with Crippen molar-refractivity contribution < 1.29 is 18.3 Å². The van der Waals surface area contributed by atoms with Crippen molar-refractivity contribution in [3.05, 3.63) is 24.2 Å². The number of hydrogen-bond donors (Lipinski definition) is 2. The molecule has 15 heavy (non-hydrogen) atoms. The van der Waals surface area contributed by atoms with E-state index in [0.717, 1.165) is 0 Å². The number of halogens is 2. The van der Waals surface area contributed by atoms with Crippen LogP contribution in [0, 0.1) is 0 Å². The highest BCUT2D eigenvalue weighted by Crippen LogP contribution is 2.19. The van der Waals surface area contributed by atoms with Gasteiger partial charge in [-0.2, -0.15) is 0 Å². The number of nitrogens with one attached hydrogen (secondary N) is 1. The van der Waals surface area contributed by atoms with Crippen molar-refractivity contribution in [2.75, 3.05) is 13.2 Å². The Morgan fingerprint density at radius 2 is 2.33 bits per heavy atom. The Hall–Kier alpha value is -0.940. The normalized spacial score (nSPS) is 14.1. The zero-order valence-electron chi connectivity index (χ0n) is 8.54. The molecule has 0 aliphatic heterocycles. The Bertz CT molecular complexity index is 275. The summed E-state index contributed by atoms with van der Waals surface area (Å²) in [5.74, 6) is -2.45. The van der Waals surface area contributed by atoms with Gasteiger partial charge in [0.2, 0.25) is 0 Å². The second-order valence-corrected chi connectivity index (χ2v) is 3.37. The third kappa shape index (κ3) is 3.60. The summed E-state index contributed by atoms with van der Waals surface area (Å²) in [4.78, 5) is 0. The van der Waals surface area contributed by atoms with Gasteiger partial charge in [0.05, 0.1) is 18.8 Å². The summed E-state index contributed by atoms with van der Waals surface area (Å²) in [6.07, 6.45) is 2.15. The SMILES string of the molecule is CCC(NCC(F)(F)CO)c1ccco1. The predicted molar refractivity (Wildman–Crippen MR) is 51.8 cm³/mol. The minimum Gasteiger partial charge on any atom is -0.468 e. The fourth-order valence-corrected chi connectivity index (χ4v) is 1.26. The molecule has 0 saturated heterocycles. The fourth-order valence-electron chi connectivity index (χ4n) is 1.26. The van der Waals surface area contributed by atoms with Gasteiger partial charge in [-0.15, -0.1) is 0 Å². The van der Waals surface area contributed by atoms with Crippen LogP contribution in [-0.2, 0) is 0 Å². The lowest BCUT2D eigenvalue weighted by molar-refractivity contribution is -0.0498. The van der Waals surface area contributed by atoms with E-state index in [2.05, 4.69) is 5.32 Å². The lowest BCUT2D eigenvalue weighted by Gasteiger charge is -2.19. The molecule has 0 fully saturated rings. The van der Waals surface area contributed by atoms with Gasteiger partial charge < -0.3 is 14.8 Å². The highest BCUT2D eigenvalue weighted by molar-refractivity contribution is 5.04. The first-order valence-electron chi connectivity index (χ1n) is 4.84. The monoisotopic (exact) mass is 219 g/mol. The van der Waals surface area contributed by atoms with Crippen molar-refractivity contribution in [3.8, 4) is 0 Å². The molecule has 86 valence electrons. The molecular formula is C10H15F2NO2. The van der Waals surface area contributed by atoms with Crippen molar-refractivity contribution in [2.45, 2.75) is 25.3 Å². The third-order valence-corrected chi connectivity index (χ3v) is 2.13. The second-order valence-electron chi connectivity index (χ2n) is 3.37. The minimum absolute atomic E-state index is 0.238. The van der Waals surface area contributed by atoms with E-state index in [-0.39, 0.29) is 6.04 Å². The molecule has 0 bridgehead atoms. The summed E-state index contributed by atoms with van der Waals surface area (Å²) in [5.41, 5.74) is 0. The summed E-state index contributed by atoms with van der Waals surface area (Å²) in [6, 6.07) is 3.21. The fraction of sp³-hybridized carbons (Fsp3) is 0.600. The Balaban J connectivity index is 2.49. The highest BCUT2D eigenvalue weighted by atomic mass is 19.3. The van der Waals surface area contributed by atoms with Gasteiger partial charge in [0, 0.05) is 0 Å². The largest absolute Gasteiger partial charge is 0.468 e. The molecule has 0 radical (unpaired) electrons. The number of furan rings is 1. The van der Waals surface area contributed by atoms with Gasteiger partial charge in [-0.1, -0.05) is 6.92 Å². The molecule has 0 aliphatic carbocycles. The van der Waals surface area contributed by atoms with Crippen molar-refractivity contribution >= 4 is 0 Å². The van der Waals surface area contributed by atoms with Crippen LogP contribution in [-0.4, -0.2) is 24.2 Å². The molecule has 1 rings (SSSR count). The summed E-state index contributed by atoms with van der Waals surface area (Å²) in [7, 11) is 0. The molecular weight excluding hydrogens is 204 g/mol. The van der Waals surface area contributed by atoms with Crippen LogP contribution < -0.4 is 5.32 Å². The topological polar surface area (TPSA) is 45.4 Å². The highest BCUT2D eigenvalue weighted by Gasteiger charge is 2.28. The molecule has 5 heteroatoms. The second kappa shape index (κ2) is 5.23. The van der Waals surface area contributed by atoms with E-state index in [1.165, 1.54) is 6.26 Å². The van der Waals surface area contributed by atoms with Gasteiger partial charge >= 0.3 is 0 Å². The zero-order valence-corrected chi connectivity index (χ0v) is 8.54. The van der Waals surface area contributed by atoms with Crippen molar-refractivity contribution in [1.82, 2.24) is 5.32 Å². The predicted octanol–water partition coefficient (Wildman–Crippen LogP) is 1.95. The molecule has 2 N–H and O–H groups in total. The van der Waals surface area contributed by atoms with Gasteiger partial charge in [-0.05, 0) is 18.6 Å². The lowest BCUT2D eigenvalue weighted by atomic mass is 10.1. The van der Waals surface area contributed by atoms with Crippen LogP contribution in [0.25, 0.3) is 0 Å². The zero-order chi connectivity index (χ0) is 11.3. The van der Waals surface area contributed by atoms with Crippen molar-refractivity contribution in [3.63, 3.8) is 0 Å². The van der Waals surface area contributed by atoms with Gasteiger partial charge in [0.1, 0.15) is 12.4 Å². The Kier molecular flexibility index (Phi) is 4.23. The first-order chi connectivity index (χ1) is 7.09. The maximum absolute atomic E-state index is 12.7. The average molecular weight is 219 g/mol. The molecule has 3 nitrogen and oxygen atoms in total. The summed E-state index contributed by atoms with van der Waals surface area (Å²) < 4.78 is 30.6. The molecule has 1 heterocycles. The van der Waals surface area contributed by atoms with Crippen LogP contribution in [0.2, 0.25) is 0 Å². The van der Waals surface area contributed by atoms with E-state index < -0.39 is 19.1 Å². The number of rotatable bonds is 6. The number of aliphatic hydroxyl groups excluding tert-OH is 1. The molecule has 0 spiro atoms. The van der Waals surface area contributed by atoms with Gasteiger partial charge in [-0.25, -0.2) is 8.78 Å².